The summed E-state index contributed by atoms with van der Waals surface area (Å²) in [7, 11) is 0. The van der Waals surface area contributed by atoms with Crippen LogP contribution in [0.2, 0.25) is 5.02 Å². The smallest absolute Gasteiger partial charge is 0.224 e. The largest absolute Gasteiger partial charge is 0.381 e. The van der Waals surface area contributed by atoms with Gasteiger partial charge in [-0.2, -0.15) is 5.10 Å². The van der Waals surface area contributed by atoms with Crippen molar-refractivity contribution in [2.45, 2.75) is 38.5 Å². The van der Waals surface area contributed by atoms with Crippen LogP contribution >= 0.6 is 11.6 Å². The van der Waals surface area contributed by atoms with Gasteiger partial charge in [-0.1, -0.05) is 72.3 Å². The van der Waals surface area contributed by atoms with Crippen LogP contribution in [0.3, 0.4) is 0 Å². The minimum Gasteiger partial charge on any atom is -0.381 e. The molecule has 1 aliphatic rings. The van der Waals surface area contributed by atoms with Gasteiger partial charge in [-0.05, 0) is 66.3 Å². The molecular formula is C31H34ClN5O2. The van der Waals surface area contributed by atoms with E-state index in [0.29, 0.717) is 17.1 Å². The molecule has 8 heteroatoms. The predicted octanol–water partition coefficient (Wildman–Crippen LogP) is 4.82. The number of aliphatic hydroxyl groups is 1. The molecule has 1 amide bonds. The van der Waals surface area contributed by atoms with Gasteiger partial charge < -0.3 is 10.4 Å². The number of carbonyl (C=O) groups is 1. The molecule has 1 aromatic heterocycles. The van der Waals surface area contributed by atoms with E-state index in [1.54, 1.807) is 35.3 Å². The first-order valence-electron chi connectivity index (χ1n) is 13.4. The molecule has 202 valence electrons. The van der Waals surface area contributed by atoms with Crippen LogP contribution in [0.1, 0.15) is 29.5 Å². The van der Waals surface area contributed by atoms with Crippen molar-refractivity contribution in [3.63, 3.8) is 0 Å². The van der Waals surface area contributed by atoms with Crippen molar-refractivity contribution in [3.8, 4) is 11.1 Å². The van der Waals surface area contributed by atoms with Crippen LogP contribution in [0.5, 0.6) is 0 Å². The van der Waals surface area contributed by atoms with Gasteiger partial charge in [0.15, 0.2) is 0 Å². The highest BCUT2D eigenvalue weighted by Gasteiger charge is 2.33. The van der Waals surface area contributed by atoms with Gasteiger partial charge in [-0.3, -0.25) is 9.69 Å². The second-order valence-electron chi connectivity index (χ2n) is 10.4. The van der Waals surface area contributed by atoms with E-state index >= 15 is 0 Å². The summed E-state index contributed by atoms with van der Waals surface area (Å²) < 4.78 is 1.56. The number of carbonyl (C=O) groups excluding carboxylic acids is 1. The topological polar surface area (TPSA) is 83.3 Å². The molecule has 2 atom stereocenters. The zero-order chi connectivity index (χ0) is 27.2. The third-order valence-electron chi connectivity index (χ3n) is 7.63. The number of halogens is 1. The molecule has 0 spiro atoms. The Morgan fingerprint density at radius 2 is 1.90 bits per heavy atom. The van der Waals surface area contributed by atoms with Crippen molar-refractivity contribution < 1.29 is 9.90 Å². The quantitative estimate of drug-likeness (QED) is 0.316. The minimum absolute atomic E-state index is 0.0413. The molecule has 4 aromatic rings. The lowest BCUT2D eigenvalue weighted by molar-refractivity contribution is -0.128. The summed E-state index contributed by atoms with van der Waals surface area (Å²) in [6, 6.07) is 23.9. The van der Waals surface area contributed by atoms with Crippen molar-refractivity contribution in [3.05, 3.63) is 107 Å². The number of benzene rings is 3. The number of rotatable bonds is 9. The summed E-state index contributed by atoms with van der Waals surface area (Å²) in [5, 5.41) is 19.4. The number of likely N-dealkylation sites (tertiary alicyclic amines) is 1. The molecular weight excluding hydrogens is 510 g/mol. The van der Waals surface area contributed by atoms with E-state index in [-0.39, 0.29) is 24.9 Å². The average Bonchev–Trinajstić information content (AvgIpc) is 3.46. The third kappa shape index (κ3) is 6.56. The van der Waals surface area contributed by atoms with Gasteiger partial charge in [-0.15, -0.1) is 0 Å². The number of amides is 1. The standard InChI is InChI=1S/C31H34ClN5O2/c1-23-25(9-5-11-29(23)24-7-3-2-4-8-24)17-36-16-6-10-26(18-36)30(38)34-19-31(39,20-37-22-33-21-35-37)27-12-14-28(32)15-13-27/h2-5,7-9,11-15,21-22,26,39H,6,10,16-20H2,1H3,(H,34,38). The fourth-order valence-electron chi connectivity index (χ4n) is 5.41. The summed E-state index contributed by atoms with van der Waals surface area (Å²) in [6.07, 6.45) is 4.76. The van der Waals surface area contributed by atoms with Crippen molar-refractivity contribution in [2.75, 3.05) is 19.6 Å². The van der Waals surface area contributed by atoms with E-state index in [0.717, 1.165) is 25.9 Å². The SMILES string of the molecule is Cc1c(CN2CCCC(C(=O)NCC(O)(Cn3cncn3)c3ccc(Cl)cc3)C2)cccc1-c1ccccc1. The maximum Gasteiger partial charge on any atom is 0.224 e. The van der Waals surface area contributed by atoms with Crippen molar-refractivity contribution in [1.29, 1.82) is 0 Å². The molecule has 5 rings (SSSR count). The number of nitrogens with zero attached hydrogens (tertiary/aromatic N) is 4. The van der Waals surface area contributed by atoms with Gasteiger partial charge in [0.25, 0.3) is 0 Å². The third-order valence-corrected chi connectivity index (χ3v) is 7.88. The van der Waals surface area contributed by atoms with Crippen molar-refractivity contribution in [2.24, 2.45) is 5.92 Å². The number of hydrogen-bond donors (Lipinski definition) is 2. The van der Waals surface area contributed by atoms with Gasteiger partial charge >= 0.3 is 0 Å². The van der Waals surface area contributed by atoms with Gasteiger partial charge in [0.2, 0.25) is 5.91 Å². The van der Waals surface area contributed by atoms with Crippen molar-refractivity contribution >= 4 is 17.5 Å². The van der Waals surface area contributed by atoms with Gasteiger partial charge in [0, 0.05) is 18.1 Å². The lowest BCUT2D eigenvalue weighted by Gasteiger charge is -2.34. The Hall–Kier alpha value is -3.52. The van der Waals surface area contributed by atoms with Crippen LogP contribution in [0.25, 0.3) is 11.1 Å². The Kier molecular flexibility index (Phi) is 8.41. The van der Waals surface area contributed by atoms with E-state index in [1.165, 1.54) is 28.6 Å². The van der Waals surface area contributed by atoms with E-state index in [2.05, 4.69) is 69.7 Å². The van der Waals surface area contributed by atoms with Crippen LogP contribution in [-0.2, 0) is 23.5 Å². The summed E-state index contributed by atoms with van der Waals surface area (Å²) in [5.74, 6) is -0.183. The average molecular weight is 544 g/mol. The normalized spacial score (nSPS) is 17.5. The predicted molar refractivity (Wildman–Crippen MR) is 153 cm³/mol. The van der Waals surface area contributed by atoms with E-state index in [1.807, 2.05) is 6.07 Å². The fourth-order valence-corrected chi connectivity index (χ4v) is 5.53. The molecule has 7 nitrogen and oxygen atoms in total. The Morgan fingerprint density at radius 3 is 2.64 bits per heavy atom. The Morgan fingerprint density at radius 1 is 1.10 bits per heavy atom. The Bertz CT molecular complexity index is 1380. The second kappa shape index (κ2) is 12.1. The first-order chi connectivity index (χ1) is 18.9. The molecule has 2 heterocycles. The highest BCUT2D eigenvalue weighted by Crippen LogP contribution is 2.28. The number of aromatic nitrogens is 3. The Labute approximate surface area is 234 Å². The molecule has 2 N–H and O–H groups in total. The molecule has 0 saturated carbocycles. The molecule has 2 unspecified atom stereocenters. The van der Waals surface area contributed by atoms with Crippen LogP contribution in [0.4, 0.5) is 0 Å². The molecule has 39 heavy (non-hydrogen) atoms. The van der Waals surface area contributed by atoms with E-state index in [4.69, 9.17) is 11.6 Å². The minimum atomic E-state index is -1.36. The molecule has 0 bridgehead atoms. The highest BCUT2D eigenvalue weighted by molar-refractivity contribution is 6.30. The molecule has 1 saturated heterocycles. The fraction of sp³-hybridized carbons (Fsp3) is 0.323. The summed E-state index contributed by atoms with van der Waals surface area (Å²) in [6.45, 7) is 4.84. The molecule has 1 aliphatic heterocycles. The lowest BCUT2D eigenvalue weighted by atomic mass is 9.92. The molecule has 3 aromatic carbocycles. The Balaban J connectivity index is 1.24. The van der Waals surface area contributed by atoms with E-state index in [9.17, 15) is 9.90 Å². The van der Waals surface area contributed by atoms with Crippen molar-refractivity contribution in [1.82, 2.24) is 25.0 Å². The lowest BCUT2D eigenvalue weighted by Crippen LogP contribution is -2.48. The number of nitrogens with one attached hydrogen (secondary N) is 1. The van der Waals surface area contributed by atoms with Crippen LogP contribution in [-0.4, -0.2) is 50.3 Å². The number of piperidine rings is 1. The van der Waals surface area contributed by atoms with Gasteiger partial charge in [-0.25, -0.2) is 9.67 Å². The molecule has 1 fully saturated rings. The zero-order valence-corrected chi connectivity index (χ0v) is 22.9. The van der Waals surface area contributed by atoms with Gasteiger partial charge in [0.05, 0.1) is 19.0 Å². The summed E-state index contributed by atoms with van der Waals surface area (Å²) >= 11 is 6.07. The zero-order valence-electron chi connectivity index (χ0n) is 22.1. The monoisotopic (exact) mass is 543 g/mol. The van der Waals surface area contributed by atoms with Crippen LogP contribution in [0, 0.1) is 12.8 Å². The maximum absolute atomic E-state index is 13.3. The maximum atomic E-state index is 13.3. The van der Waals surface area contributed by atoms with Crippen LogP contribution in [0.15, 0.2) is 85.5 Å². The first-order valence-corrected chi connectivity index (χ1v) is 13.7. The highest BCUT2D eigenvalue weighted by atomic mass is 35.5. The van der Waals surface area contributed by atoms with Gasteiger partial charge in [0.1, 0.15) is 18.3 Å². The molecule has 0 aliphatic carbocycles. The van der Waals surface area contributed by atoms with E-state index < -0.39 is 5.60 Å². The second-order valence-corrected chi connectivity index (χ2v) is 10.8. The first kappa shape index (κ1) is 27.1. The summed E-state index contributed by atoms with van der Waals surface area (Å²) in [5.41, 5.74) is 4.30. The summed E-state index contributed by atoms with van der Waals surface area (Å²) in [4.78, 5) is 19.7. The molecule has 0 radical (unpaired) electrons. The number of hydrogen-bond acceptors (Lipinski definition) is 5. The van der Waals surface area contributed by atoms with Crippen LogP contribution < -0.4 is 5.32 Å².